The van der Waals surface area contributed by atoms with Crippen LogP contribution in [0, 0.1) is 0 Å². The summed E-state index contributed by atoms with van der Waals surface area (Å²) in [5, 5.41) is 7.14. The van der Waals surface area contributed by atoms with Gasteiger partial charge in [-0.3, -0.25) is 4.79 Å². The smallest absolute Gasteiger partial charge is 0.343 e. The number of nitrogens with zero attached hydrogens (tertiary/aromatic N) is 3. The molecule has 2 aromatic carbocycles. The van der Waals surface area contributed by atoms with Gasteiger partial charge in [0.05, 0.1) is 23.2 Å². The lowest BCUT2D eigenvalue weighted by atomic mass is 10.1. The molecule has 0 saturated carbocycles. The predicted octanol–water partition coefficient (Wildman–Crippen LogP) is 3.78. The first-order valence-electron chi connectivity index (χ1n) is 10.5. The van der Waals surface area contributed by atoms with Crippen LogP contribution in [-0.2, 0) is 0 Å². The number of hydrogen-bond donors (Lipinski definition) is 0. The third kappa shape index (κ3) is 4.73. The Balaban J connectivity index is 1.75. The Morgan fingerprint density at radius 3 is 2.53 bits per heavy atom. The second-order valence-electron chi connectivity index (χ2n) is 7.74. The molecule has 2 heterocycles. The van der Waals surface area contributed by atoms with Crippen LogP contribution in [0.25, 0.3) is 17.1 Å². The van der Waals surface area contributed by atoms with Gasteiger partial charge in [0.15, 0.2) is 11.5 Å². The van der Waals surface area contributed by atoms with Gasteiger partial charge in [-0.1, -0.05) is 48.9 Å². The molecule has 34 heavy (non-hydrogen) atoms. The van der Waals surface area contributed by atoms with Crippen molar-refractivity contribution in [3.8, 4) is 11.5 Å². The normalized spacial score (nSPS) is 12.5. The summed E-state index contributed by atoms with van der Waals surface area (Å²) in [6.45, 7) is 5.95. The molecule has 0 N–H and O–H groups in total. The Morgan fingerprint density at radius 2 is 1.88 bits per heavy atom. The lowest BCUT2D eigenvalue weighted by Gasteiger charge is -2.10. The highest BCUT2D eigenvalue weighted by molar-refractivity contribution is 7.16. The number of hydrogen-bond acceptors (Lipinski definition) is 7. The van der Waals surface area contributed by atoms with Crippen LogP contribution in [0.1, 0.15) is 47.6 Å². The summed E-state index contributed by atoms with van der Waals surface area (Å²) in [5.41, 5.74) is 0.704. The Morgan fingerprint density at radius 1 is 1.15 bits per heavy atom. The topological polar surface area (TPSA) is 82.8 Å². The second-order valence-corrected chi connectivity index (χ2v) is 9.17. The van der Waals surface area contributed by atoms with Gasteiger partial charge in [-0.2, -0.15) is 10.1 Å². The summed E-state index contributed by atoms with van der Waals surface area (Å²) in [6.07, 6.45) is 3.56. The first-order valence-corrected chi connectivity index (χ1v) is 11.7. The minimum atomic E-state index is -0.535. The van der Waals surface area contributed by atoms with Crippen LogP contribution >= 0.6 is 22.9 Å². The summed E-state index contributed by atoms with van der Waals surface area (Å²) in [7, 11) is 1.48. The van der Waals surface area contributed by atoms with Gasteiger partial charge >= 0.3 is 5.97 Å². The van der Waals surface area contributed by atoms with Gasteiger partial charge < -0.3 is 9.47 Å². The van der Waals surface area contributed by atoms with Crippen LogP contribution in [0.3, 0.4) is 0 Å². The van der Waals surface area contributed by atoms with Gasteiger partial charge in [0.1, 0.15) is 5.01 Å². The molecular weight excluding hydrogens is 474 g/mol. The van der Waals surface area contributed by atoms with E-state index >= 15 is 0 Å². The molecule has 0 amide bonds. The first kappa shape index (κ1) is 23.7. The maximum absolute atomic E-state index is 12.8. The van der Waals surface area contributed by atoms with Crippen molar-refractivity contribution < 1.29 is 14.3 Å². The number of carbonyl (C=O) groups excluding carboxylic acids is 1. The molecule has 0 aliphatic carbocycles. The van der Waals surface area contributed by atoms with Crippen molar-refractivity contribution in [2.75, 3.05) is 7.11 Å². The fraction of sp³-hybridized carbons (Fsp3) is 0.200. The van der Waals surface area contributed by atoms with E-state index in [0.717, 1.165) is 5.01 Å². The quantitative estimate of drug-likeness (QED) is 0.309. The average Bonchev–Trinajstić information content (AvgIpc) is 3.24. The van der Waals surface area contributed by atoms with E-state index in [1.165, 1.54) is 18.4 Å². The molecule has 174 valence electrons. The van der Waals surface area contributed by atoms with Gasteiger partial charge in [0, 0.05) is 10.9 Å². The second kappa shape index (κ2) is 9.79. The van der Waals surface area contributed by atoms with Crippen molar-refractivity contribution in [3.05, 3.63) is 84.5 Å². The van der Waals surface area contributed by atoms with Crippen molar-refractivity contribution >= 4 is 46.0 Å². The number of aromatic nitrogens is 3. The first-order chi connectivity index (χ1) is 16.3. The van der Waals surface area contributed by atoms with Crippen molar-refractivity contribution in [3.63, 3.8) is 0 Å². The fourth-order valence-electron chi connectivity index (χ4n) is 3.31. The molecule has 7 nitrogen and oxygen atoms in total. The third-order valence-corrected chi connectivity index (χ3v) is 6.52. The molecular formula is C25H22ClN3O4S. The number of methoxy groups -OCH3 is 1. The lowest BCUT2D eigenvalue weighted by Crippen LogP contribution is -2.45. The molecule has 0 fully saturated rings. The van der Waals surface area contributed by atoms with Crippen molar-refractivity contribution in [1.82, 2.24) is 14.6 Å². The minimum Gasteiger partial charge on any atom is -0.493 e. The van der Waals surface area contributed by atoms with E-state index in [-0.39, 0.29) is 17.2 Å². The monoisotopic (exact) mass is 495 g/mol. The Bertz CT molecular complexity index is 1560. The SMILES string of the molecule is CC=c1c(=Cc2ccc(OC(=O)c3ccc(Cl)cc3)c(OC)c2)c(=O)nc2sc(C(C)C)nn12. The highest BCUT2D eigenvalue weighted by atomic mass is 35.5. The van der Waals surface area contributed by atoms with E-state index in [0.29, 0.717) is 37.4 Å². The predicted molar refractivity (Wildman–Crippen MR) is 134 cm³/mol. The summed E-state index contributed by atoms with van der Waals surface area (Å²) in [4.78, 5) is 30.1. The lowest BCUT2D eigenvalue weighted by molar-refractivity contribution is 0.0729. The standard InChI is InChI=1S/C25H22ClN3O4S/c1-5-19-18(22(30)27-25-29(19)28-23(34-25)14(2)3)12-15-6-11-20(21(13-15)32-4)33-24(31)16-7-9-17(26)10-8-16/h5-14H,1-4H3. The van der Waals surface area contributed by atoms with E-state index in [1.807, 2.05) is 26.8 Å². The molecule has 4 rings (SSSR count). The summed E-state index contributed by atoms with van der Waals surface area (Å²) in [5.74, 6) is 0.300. The molecule has 0 unspecified atom stereocenters. The van der Waals surface area contributed by atoms with Crippen LogP contribution in [0.2, 0.25) is 5.02 Å². The number of esters is 1. The van der Waals surface area contributed by atoms with Gasteiger partial charge in [-0.05, 0) is 55.0 Å². The number of carbonyl (C=O) groups is 1. The van der Waals surface area contributed by atoms with E-state index in [2.05, 4.69) is 10.1 Å². The van der Waals surface area contributed by atoms with Gasteiger partial charge in [0.2, 0.25) is 4.96 Å². The highest BCUT2D eigenvalue weighted by Crippen LogP contribution is 2.29. The molecule has 0 aliphatic rings. The van der Waals surface area contributed by atoms with Crippen molar-refractivity contribution in [1.29, 1.82) is 0 Å². The molecule has 0 aliphatic heterocycles. The summed E-state index contributed by atoms with van der Waals surface area (Å²) >= 11 is 7.29. The number of benzene rings is 2. The number of rotatable bonds is 5. The number of halogens is 1. The average molecular weight is 496 g/mol. The number of fused-ring (bicyclic) bond motifs is 1. The highest BCUT2D eigenvalue weighted by Gasteiger charge is 2.14. The van der Waals surface area contributed by atoms with Crippen LogP contribution in [0.4, 0.5) is 0 Å². The molecule has 0 bridgehead atoms. The molecule has 4 aromatic rings. The van der Waals surface area contributed by atoms with Crippen LogP contribution in [0.5, 0.6) is 11.5 Å². The molecule has 0 atom stereocenters. The Hall–Kier alpha value is -3.49. The molecule has 0 spiro atoms. The minimum absolute atomic E-state index is 0.228. The maximum Gasteiger partial charge on any atom is 0.343 e. The molecule has 9 heteroatoms. The molecule has 0 saturated heterocycles. The van der Waals surface area contributed by atoms with Gasteiger partial charge in [0.25, 0.3) is 5.56 Å². The zero-order chi connectivity index (χ0) is 24.4. The zero-order valence-corrected chi connectivity index (χ0v) is 20.6. The van der Waals surface area contributed by atoms with Crippen LogP contribution in [-0.4, -0.2) is 27.7 Å². The summed E-state index contributed by atoms with van der Waals surface area (Å²) in [6, 6.07) is 11.5. The maximum atomic E-state index is 12.8. The van der Waals surface area contributed by atoms with E-state index in [4.69, 9.17) is 21.1 Å². The third-order valence-electron chi connectivity index (χ3n) is 5.06. The van der Waals surface area contributed by atoms with E-state index < -0.39 is 5.97 Å². The molecule has 2 aromatic heterocycles. The Kier molecular flexibility index (Phi) is 6.81. The van der Waals surface area contributed by atoms with Crippen LogP contribution < -0.4 is 25.6 Å². The molecule has 0 radical (unpaired) electrons. The van der Waals surface area contributed by atoms with Crippen molar-refractivity contribution in [2.45, 2.75) is 26.7 Å². The Labute approximate surface area is 204 Å². The fourth-order valence-corrected chi connectivity index (χ4v) is 4.34. The van der Waals surface area contributed by atoms with Gasteiger partial charge in [-0.15, -0.1) is 0 Å². The zero-order valence-electron chi connectivity index (χ0n) is 19.0. The summed E-state index contributed by atoms with van der Waals surface area (Å²) < 4.78 is 12.6. The largest absolute Gasteiger partial charge is 0.493 e. The van der Waals surface area contributed by atoms with Crippen LogP contribution in [0.15, 0.2) is 47.3 Å². The van der Waals surface area contributed by atoms with Crippen molar-refractivity contribution in [2.24, 2.45) is 0 Å². The van der Waals surface area contributed by atoms with E-state index in [9.17, 15) is 9.59 Å². The number of ether oxygens (including phenoxy) is 2. The van der Waals surface area contributed by atoms with Gasteiger partial charge in [-0.25, -0.2) is 9.31 Å². The van der Waals surface area contributed by atoms with E-state index in [1.54, 1.807) is 53.1 Å².